The van der Waals surface area contributed by atoms with Crippen molar-refractivity contribution in [1.82, 2.24) is 0 Å². The van der Waals surface area contributed by atoms with E-state index in [4.69, 9.17) is 11.5 Å². The van der Waals surface area contributed by atoms with E-state index in [1.165, 1.54) is 12.2 Å². The molecule has 0 aromatic heterocycles. The van der Waals surface area contributed by atoms with Crippen LogP contribution in [0.2, 0.25) is 0 Å². The van der Waals surface area contributed by atoms with Gasteiger partial charge in [-0.15, -0.1) is 0 Å². The van der Waals surface area contributed by atoms with Crippen molar-refractivity contribution >= 4 is 11.8 Å². The molecule has 1 aliphatic carbocycles. The van der Waals surface area contributed by atoms with E-state index in [-0.39, 0.29) is 12.2 Å². The van der Waals surface area contributed by atoms with Crippen LogP contribution in [0, 0.1) is 5.41 Å². The normalized spacial score (nSPS) is 25.4. The molecule has 1 rings (SSSR count). The van der Waals surface area contributed by atoms with Crippen molar-refractivity contribution in [3.05, 3.63) is 23.5 Å². The molecule has 2 amide bonds. The van der Waals surface area contributed by atoms with E-state index < -0.39 is 17.2 Å². The molecule has 1 atom stereocenters. The van der Waals surface area contributed by atoms with Crippen LogP contribution in [0.4, 0.5) is 0 Å². The molecule has 0 radical (unpaired) electrons. The monoisotopic (exact) mass is 210 g/mol. The molecular weight excluding hydrogens is 196 g/mol. The Kier molecular flexibility index (Phi) is 2.83. The molecule has 0 spiro atoms. The van der Waals surface area contributed by atoms with Gasteiger partial charge in [0.2, 0.25) is 11.8 Å². The quantitative estimate of drug-likeness (QED) is 0.616. The maximum absolute atomic E-state index is 11.3. The Hall–Kier alpha value is -1.78. The molecular formula is C10H14N2O3. The van der Waals surface area contributed by atoms with Gasteiger partial charge in [-0.2, -0.15) is 0 Å². The molecule has 0 bridgehead atoms. The lowest BCUT2D eigenvalue weighted by Gasteiger charge is -2.31. The minimum absolute atomic E-state index is 0.0660. The number of carbonyl (C=O) groups is 2. The van der Waals surface area contributed by atoms with Crippen LogP contribution in [0.1, 0.15) is 19.8 Å². The van der Waals surface area contributed by atoms with Crippen LogP contribution in [0.25, 0.3) is 0 Å². The number of amides is 2. The third-order valence-corrected chi connectivity index (χ3v) is 2.82. The van der Waals surface area contributed by atoms with Gasteiger partial charge in [-0.1, -0.05) is 13.0 Å². The maximum Gasteiger partial charge on any atom is 0.244 e. The zero-order valence-electron chi connectivity index (χ0n) is 8.49. The first-order chi connectivity index (χ1) is 6.94. The Morgan fingerprint density at radius 1 is 1.47 bits per heavy atom. The lowest BCUT2D eigenvalue weighted by atomic mass is 9.74. The van der Waals surface area contributed by atoms with Crippen LogP contribution < -0.4 is 11.5 Å². The van der Waals surface area contributed by atoms with Crippen molar-refractivity contribution in [2.24, 2.45) is 16.9 Å². The molecule has 0 aromatic rings. The molecule has 0 saturated heterocycles. The van der Waals surface area contributed by atoms with Crippen LogP contribution >= 0.6 is 0 Å². The number of aliphatic hydroxyl groups is 1. The first-order valence-electron chi connectivity index (χ1n) is 4.64. The Morgan fingerprint density at radius 2 is 2.07 bits per heavy atom. The summed E-state index contributed by atoms with van der Waals surface area (Å²) in [5.74, 6) is -1.36. The summed E-state index contributed by atoms with van der Waals surface area (Å²) in [4.78, 5) is 22.3. The lowest BCUT2D eigenvalue weighted by Crippen LogP contribution is -2.41. The number of hydrogen-bond donors (Lipinski definition) is 3. The largest absolute Gasteiger partial charge is 0.511 e. The summed E-state index contributed by atoms with van der Waals surface area (Å²) in [7, 11) is 0. The predicted molar refractivity (Wildman–Crippen MR) is 54.5 cm³/mol. The highest BCUT2D eigenvalue weighted by molar-refractivity contribution is 5.95. The number of nitrogens with two attached hydrogens (primary N) is 2. The van der Waals surface area contributed by atoms with Gasteiger partial charge < -0.3 is 16.6 Å². The predicted octanol–water partition coefficient (Wildman–Crippen LogP) is 0.125. The van der Waals surface area contributed by atoms with E-state index >= 15 is 0 Å². The zero-order chi connectivity index (χ0) is 11.6. The van der Waals surface area contributed by atoms with E-state index in [0.29, 0.717) is 12.0 Å². The summed E-state index contributed by atoms with van der Waals surface area (Å²) in [5.41, 5.74) is 9.48. The van der Waals surface area contributed by atoms with Gasteiger partial charge in [0.1, 0.15) is 11.2 Å². The van der Waals surface area contributed by atoms with Crippen LogP contribution in [0.15, 0.2) is 23.5 Å². The number of carbonyl (C=O) groups excluding carboxylic acids is 2. The highest BCUT2D eigenvalue weighted by atomic mass is 16.3. The smallest absolute Gasteiger partial charge is 0.244 e. The number of primary amides is 2. The number of rotatable bonds is 3. The highest BCUT2D eigenvalue weighted by Gasteiger charge is 2.42. The molecule has 1 unspecified atom stereocenters. The molecule has 0 fully saturated rings. The van der Waals surface area contributed by atoms with E-state index in [2.05, 4.69) is 0 Å². The van der Waals surface area contributed by atoms with Crippen LogP contribution in [0.3, 0.4) is 0 Å². The summed E-state index contributed by atoms with van der Waals surface area (Å²) in [6.07, 6.45) is 3.11. The van der Waals surface area contributed by atoms with Crippen molar-refractivity contribution in [3.8, 4) is 0 Å². The van der Waals surface area contributed by atoms with Crippen molar-refractivity contribution < 1.29 is 14.7 Å². The highest BCUT2D eigenvalue weighted by Crippen LogP contribution is 2.39. The zero-order valence-corrected chi connectivity index (χ0v) is 8.49. The number of allylic oxidation sites excluding steroid dienone is 2. The van der Waals surface area contributed by atoms with Gasteiger partial charge in [-0.05, 0) is 18.9 Å². The van der Waals surface area contributed by atoms with E-state index in [1.54, 1.807) is 6.92 Å². The van der Waals surface area contributed by atoms with Crippen LogP contribution in [0.5, 0.6) is 0 Å². The molecule has 5 nitrogen and oxygen atoms in total. The van der Waals surface area contributed by atoms with Gasteiger partial charge in [0, 0.05) is 5.57 Å². The molecule has 0 aromatic carbocycles. The van der Waals surface area contributed by atoms with Crippen molar-refractivity contribution in [1.29, 1.82) is 0 Å². The average molecular weight is 210 g/mol. The Labute approximate surface area is 87.4 Å². The fourth-order valence-electron chi connectivity index (χ4n) is 1.68. The first-order valence-corrected chi connectivity index (χ1v) is 4.64. The molecule has 15 heavy (non-hydrogen) atoms. The lowest BCUT2D eigenvalue weighted by molar-refractivity contribution is -0.127. The summed E-state index contributed by atoms with van der Waals surface area (Å²) >= 11 is 0. The SMILES string of the molecule is CCC1(C(N)=O)CC(C(N)=O)=CC=C1O. The minimum atomic E-state index is -1.18. The fraction of sp³-hybridized carbons (Fsp3) is 0.400. The van der Waals surface area contributed by atoms with E-state index in [9.17, 15) is 14.7 Å². The van der Waals surface area contributed by atoms with Gasteiger partial charge in [0.15, 0.2) is 0 Å². The first kappa shape index (κ1) is 11.3. The standard InChI is InChI=1S/C10H14N2O3/c1-2-10(9(12)15)5-6(8(11)14)3-4-7(10)13/h3-4,13H,2,5H2,1H3,(H2,11,14)(H2,12,15). The van der Waals surface area contributed by atoms with Gasteiger partial charge in [-0.25, -0.2) is 0 Å². The van der Waals surface area contributed by atoms with Crippen LogP contribution in [-0.4, -0.2) is 16.9 Å². The van der Waals surface area contributed by atoms with Gasteiger partial charge in [0.05, 0.1) is 0 Å². The summed E-state index contributed by atoms with van der Waals surface area (Å²) in [5, 5.41) is 9.65. The average Bonchev–Trinajstić information content (AvgIpc) is 2.18. The topological polar surface area (TPSA) is 106 Å². The molecule has 0 heterocycles. The Bertz CT molecular complexity index is 371. The minimum Gasteiger partial charge on any atom is -0.511 e. The van der Waals surface area contributed by atoms with Crippen LogP contribution in [-0.2, 0) is 9.59 Å². The van der Waals surface area contributed by atoms with E-state index in [1.807, 2.05) is 0 Å². The van der Waals surface area contributed by atoms with Gasteiger partial charge in [-0.3, -0.25) is 9.59 Å². The summed E-state index contributed by atoms with van der Waals surface area (Å²) in [6, 6.07) is 0. The van der Waals surface area contributed by atoms with E-state index in [0.717, 1.165) is 0 Å². The van der Waals surface area contributed by atoms with Crippen molar-refractivity contribution in [2.75, 3.05) is 0 Å². The second-order valence-corrected chi connectivity index (χ2v) is 3.58. The molecule has 5 heteroatoms. The van der Waals surface area contributed by atoms with Crippen molar-refractivity contribution in [3.63, 3.8) is 0 Å². The second kappa shape index (κ2) is 3.76. The molecule has 0 aliphatic heterocycles. The maximum atomic E-state index is 11.3. The summed E-state index contributed by atoms with van der Waals surface area (Å²) < 4.78 is 0. The molecule has 1 aliphatic rings. The van der Waals surface area contributed by atoms with Crippen molar-refractivity contribution in [2.45, 2.75) is 19.8 Å². The van der Waals surface area contributed by atoms with Gasteiger partial charge in [0.25, 0.3) is 0 Å². The number of hydrogen-bond acceptors (Lipinski definition) is 3. The third-order valence-electron chi connectivity index (χ3n) is 2.82. The van der Waals surface area contributed by atoms with Gasteiger partial charge >= 0.3 is 0 Å². The molecule has 5 N–H and O–H groups in total. The summed E-state index contributed by atoms with van der Waals surface area (Å²) in [6.45, 7) is 1.72. The third kappa shape index (κ3) is 1.72. The Morgan fingerprint density at radius 3 is 2.47 bits per heavy atom. The molecule has 0 saturated carbocycles. The fourth-order valence-corrected chi connectivity index (χ4v) is 1.68. The Balaban J connectivity index is 3.15. The second-order valence-electron chi connectivity index (χ2n) is 3.58. The molecule has 82 valence electrons. The number of aliphatic hydroxyl groups excluding tert-OH is 1.